The first-order chi connectivity index (χ1) is 9.23. The molecule has 1 fully saturated rings. The Bertz CT molecular complexity index is 445. The van der Waals surface area contributed by atoms with Crippen LogP contribution in [0.2, 0.25) is 0 Å². The zero-order valence-electron chi connectivity index (χ0n) is 12.3. The summed E-state index contributed by atoms with van der Waals surface area (Å²) in [4.78, 5) is 0. The van der Waals surface area contributed by atoms with Crippen LogP contribution in [-0.4, -0.2) is 9.78 Å². The van der Waals surface area contributed by atoms with Crippen LogP contribution in [0.4, 0.5) is 0 Å². The Morgan fingerprint density at radius 1 is 1.26 bits per heavy atom. The van der Waals surface area contributed by atoms with E-state index in [1.807, 2.05) is 0 Å². The predicted molar refractivity (Wildman–Crippen MR) is 76.7 cm³/mol. The number of aryl methyl sites for hydroxylation is 2. The van der Waals surface area contributed by atoms with E-state index in [1.165, 1.54) is 31.4 Å². The molecule has 0 atom stereocenters. The normalized spacial score (nSPS) is 18.8. The molecule has 0 N–H and O–H groups in total. The third-order valence-electron chi connectivity index (χ3n) is 4.39. The van der Waals surface area contributed by atoms with Gasteiger partial charge in [0.05, 0.1) is 17.2 Å². The van der Waals surface area contributed by atoms with Crippen molar-refractivity contribution < 1.29 is 0 Å². The number of rotatable bonds is 4. The standard InChI is InChI=1S/C16H25N3/c1-3-14-11-15(19(4-2)18-14)12-16(13-17)9-7-5-6-8-10-16/h11H,3-10,12H2,1-2H3. The average Bonchev–Trinajstić information content (AvgIpc) is 2.68. The maximum atomic E-state index is 9.68. The van der Waals surface area contributed by atoms with Crippen LogP contribution < -0.4 is 0 Å². The molecule has 0 saturated heterocycles. The second-order valence-electron chi connectivity index (χ2n) is 5.78. The van der Waals surface area contributed by atoms with E-state index in [9.17, 15) is 5.26 Å². The highest BCUT2D eigenvalue weighted by Gasteiger charge is 2.32. The highest BCUT2D eigenvalue weighted by Crippen LogP contribution is 2.37. The maximum Gasteiger partial charge on any atom is 0.0693 e. The summed E-state index contributed by atoms with van der Waals surface area (Å²) in [7, 11) is 0. The van der Waals surface area contributed by atoms with Crippen LogP contribution in [-0.2, 0) is 19.4 Å². The molecule has 3 nitrogen and oxygen atoms in total. The van der Waals surface area contributed by atoms with Crippen LogP contribution in [0, 0.1) is 16.7 Å². The van der Waals surface area contributed by atoms with Crippen molar-refractivity contribution in [3.63, 3.8) is 0 Å². The van der Waals surface area contributed by atoms with Gasteiger partial charge in [-0.3, -0.25) is 4.68 Å². The van der Waals surface area contributed by atoms with Gasteiger partial charge < -0.3 is 0 Å². The summed E-state index contributed by atoms with van der Waals surface area (Å²) in [6.07, 6.45) is 8.94. The van der Waals surface area contributed by atoms with Crippen molar-refractivity contribution in [1.82, 2.24) is 9.78 Å². The van der Waals surface area contributed by atoms with Crippen molar-refractivity contribution in [2.45, 2.75) is 71.8 Å². The van der Waals surface area contributed by atoms with Crippen LogP contribution in [0.1, 0.15) is 63.8 Å². The van der Waals surface area contributed by atoms with Gasteiger partial charge in [-0.05, 0) is 32.3 Å². The highest BCUT2D eigenvalue weighted by molar-refractivity contribution is 5.16. The van der Waals surface area contributed by atoms with Crippen LogP contribution in [0.25, 0.3) is 0 Å². The fourth-order valence-corrected chi connectivity index (χ4v) is 3.18. The number of nitrogens with zero attached hydrogens (tertiary/aromatic N) is 3. The Hall–Kier alpha value is -1.30. The summed E-state index contributed by atoms with van der Waals surface area (Å²) >= 11 is 0. The van der Waals surface area contributed by atoms with Gasteiger partial charge in [-0.1, -0.05) is 32.6 Å². The average molecular weight is 259 g/mol. The third kappa shape index (κ3) is 3.18. The topological polar surface area (TPSA) is 41.6 Å². The first-order valence-corrected chi connectivity index (χ1v) is 7.70. The lowest BCUT2D eigenvalue weighted by Crippen LogP contribution is -2.22. The molecular weight excluding hydrogens is 234 g/mol. The largest absolute Gasteiger partial charge is 0.270 e. The summed E-state index contributed by atoms with van der Waals surface area (Å²) in [5, 5.41) is 14.3. The van der Waals surface area contributed by atoms with Gasteiger partial charge in [0.1, 0.15) is 0 Å². The molecule has 0 bridgehead atoms. The highest BCUT2D eigenvalue weighted by atomic mass is 15.3. The van der Waals surface area contributed by atoms with Crippen LogP contribution in [0.15, 0.2) is 6.07 Å². The van der Waals surface area contributed by atoms with E-state index >= 15 is 0 Å². The van der Waals surface area contributed by atoms with Crippen LogP contribution in [0.3, 0.4) is 0 Å². The van der Waals surface area contributed by atoms with Crippen LogP contribution in [0.5, 0.6) is 0 Å². The molecule has 0 aliphatic heterocycles. The lowest BCUT2D eigenvalue weighted by molar-refractivity contribution is 0.329. The van der Waals surface area contributed by atoms with Gasteiger partial charge in [0.15, 0.2) is 0 Å². The molecule has 1 aliphatic rings. The van der Waals surface area contributed by atoms with Gasteiger partial charge in [-0.2, -0.15) is 10.4 Å². The summed E-state index contributed by atoms with van der Waals surface area (Å²) in [6, 6.07) is 4.85. The molecule has 0 radical (unpaired) electrons. The number of nitriles is 1. The molecule has 1 heterocycles. The van der Waals surface area contributed by atoms with E-state index in [4.69, 9.17) is 0 Å². The number of hydrogen-bond donors (Lipinski definition) is 0. The van der Waals surface area contributed by atoms with Crippen molar-refractivity contribution in [3.05, 3.63) is 17.5 Å². The predicted octanol–water partition coefficient (Wildman–Crippen LogP) is 3.87. The molecule has 1 saturated carbocycles. The quantitative estimate of drug-likeness (QED) is 0.770. The van der Waals surface area contributed by atoms with Gasteiger partial charge in [-0.25, -0.2) is 0 Å². The van der Waals surface area contributed by atoms with Crippen molar-refractivity contribution in [2.75, 3.05) is 0 Å². The Labute approximate surface area is 116 Å². The SMILES string of the molecule is CCc1cc(CC2(C#N)CCCCCC2)n(CC)n1. The minimum atomic E-state index is -0.144. The Morgan fingerprint density at radius 3 is 2.47 bits per heavy atom. The van der Waals surface area contributed by atoms with E-state index in [0.29, 0.717) is 0 Å². The second kappa shape index (κ2) is 6.23. The third-order valence-corrected chi connectivity index (χ3v) is 4.39. The molecule has 2 rings (SSSR count). The van der Waals surface area contributed by atoms with E-state index in [1.54, 1.807) is 0 Å². The summed E-state index contributed by atoms with van der Waals surface area (Å²) < 4.78 is 2.09. The molecule has 0 spiro atoms. The van der Waals surface area contributed by atoms with E-state index < -0.39 is 0 Å². The van der Waals surface area contributed by atoms with E-state index in [2.05, 4.69) is 35.8 Å². The Balaban J connectivity index is 2.22. The van der Waals surface area contributed by atoms with Crippen molar-refractivity contribution in [2.24, 2.45) is 5.41 Å². The van der Waals surface area contributed by atoms with E-state index in [-0.39, 0.29) is 5.41 Å². The summed E-state index contributed by atoms with van der Waals surface area (Å²) in [6.45, 7) is 5.16. The zero-order chi connectivity index (χ0) is 13.7. The molecule has 0 aromatic carbocycles. The fraction of sp³-hybridized carbons (Fsp3) is 0.750. The molecule has 1 aliphatic carbocycles. The lowest BCUT2D eigenvalue weighted by atomic mass is 9.78. The fourth-order valence-electron chi connectivity index (χ4n) is 3.18. The molecule has 1 aromatic rings. The molecule has 1 aromatic heterocycles. The minimum Gasteiger partial charge on any atom is -0.270 e. The minimum absolute atomic E-state index is 0.144. The van der Waals surface area contributed by atoms with Crippen molar-refractivity contribution >= 4 is 0 Å². The molecule has 19 heavy (non-hydrogen) atoms. The second-order valence-corrected chi connectivity index (χ2v) is 5.78. The molecule has 104 valence electrons. The van der Waals surface area contributed by atoms with Crippen LogP contribution >= 0.6 is 0 Å². The van der Waals surface area contributed by atoms with Crippen molar-refractivity contribution in [3.8, 4) is 6.07 Å². The van der Waals surface area contributed by atoms with Gasteiger partial charge in [0.25, 0.3) is 0 Å². The first-order valence-electron chi connectivity index (χ1n) is 7.70. The number of hydrogen-bond acceptors (Lipinski definition) is 2. The molecular formula is C16H25N3. The van der Waals surface area contributed by atoms with Gasteiger partial charge in [-0.15, -0.1) is 0 Å². The zero-order valence-corrected chi connectivity index (χ0v) is 12.3. The summed E-state index contributed by atoms with van der Waals surface area (Å²) in [5.74, 6) is 0. The van der Waals surface area contributed by atoms with Gasteiger partial charge in [0, 0.05) is 18.7 Å². The monoisotopic (exact) mass is 259 g/mol. The Kier molecular flexibility index (Phi) is 4.63. The maximum absolute atomic E-state index is 9.68. The molecule has 0 unspecified atom stereocenters. The Morgan fingerprint density at radius 2 is 1.95 bits per heavy atom. The molecule has 3 heteroatoms. The van der Waals surface area contributed by atoms with Gasteiger partial charge >= 0.3 is 0 Å². The molecule has 0 amide bonds. The van der Waals surface area contributed by atoms with Gasteiger partial charge in [0.2, 0.25) is 0 Å². The van der Waals surface area contributed by atoms with E-state index in [0.717, 1.165) is 37.9 Å². The number of aromatic nitrogens is 2. The smallest absolute Gasteiger partial charge is 0.0693 e. The van der Waals surface area contributed by atoms with Crippen molar-refractivity contribution in [1.29, 1.82) is 5.26 Å². The first kappa shape index (κ1) is 14.1. The summed E-state index contributed by atoms with van der Waals surface area (Å²) in [5.41, 5.74) is 2.26. The lowest BCUT2D eigenvalue weighted by Gasteiger charge is -2.24.